The summed E-state index contributed by atoms with van der Waals surface area (Å²) in [6, 6.07) is 0.585. The van der Waals surface area contributed by atoms with Crippen molar-refractivity contribution in [2.45, 2.75) is 78.3 Å². The Morgan fingerprint density at radius 1 is 1.19 bits per heavy atom. The van der Waals surface area contributed by atoms with Gasteiger partial charge < -0.3 is 14.8 Å². The monoisotopic (exact) mass is 488 g/mol. The first kappa shape index (κ1) is 22.4. The molecule has 1 saturated carbocycles. The van der Waals surface area contributed by atoms with E-state index in [2.05, 4.69) is 34.3 Å². The normalized spacial score (nSPS) is 21.1. The lowest BCUT2D eigenvalue weighted by atomic mass is 9.87. The molecule has 6 nitrogen and oxygen atoms in total. The Hall–Kier alpha value is -0.860. The Balaban J connectivity index is 0.00000261. The van der Waals surface area contributed by atoms with Gasteiger partial charge in [0.15, 0.2) is 11.8 Å². The lowest BCUT2D eigenvalue weighted by Gasteiger charge is -2.26. The quantitative estimate of drug-likeness (QED) is 0.375. The highest BCUT2D eigenvalue weighted by molar-refractivity contribution is 14.0. The van der Waals surface area contributed by atoms with Gasteiger partial charge >= 0.3 is 0 Å². The van der Waals surface area contributed by atoms with Crippen molar-refractivity contribution in [2.24, 2.45) is 23.9 Å². The molecule has 0 bridgehead atoms. The van der Waals surface area contributed by atoms with Crippen LogP contribution < -0.4 is 5.32 Å². The van der Waals surface area contributed by atoms with E-state index < -0.39 is 0 Å². The van der Waals surface area contributed by atoms with Crippen molar-refractivity contribution < 1.29 is 0 Å². The molecule has 2 aliphatic rings. The van der Waals surface area contributed by atoms with Crippen LogP contribution in [0.4, 0.5) is 0 Å². The van der Waals surface area contributed by atoms with E-state index >= 15 is 0 Å². The maximum Gasteiger partial charge on any atom is 0.194 e. The molecule has 0 aromatic carbocycles. The van der Waals surface area contributed by atoms with Gasteiger partial charge in [-0.25, -0.2) is 4.99 Å². The van der Waals surface area contributed by atoms with Crippen molar-refractivity contribution >= 4 is 29.9 Å². The van der Waals surface area contributed by atoms with Crippen LogP contribution in [-0.2, 0) is 13.6 Å². The van der Waals surface area contributed by atoms with Gasteiger partial charge in [0.1, 0.15) is 12.4 Å². The van der Waals surface area contributed by atoms with Crippen molar-refractivity contribution in [3.05, 3.63) is 11.6 Å². The minimum absolute atomic E-state index is 0. The molecule has 7 heteroatoms. The van der Waals surface area contributed by atoms with E-state index in [9.17, 15) is 0 Å². The molecular weight excluding hydrogens is 451 g/mol. The zero-order valence-electron chi connectivity index (χ0n) is 17.4. The van der Waals surface area contributed by atoms with Crippen LogP contribution in [-0.4, -0.2) is 44.8 Å². The molecule has 1 aromatic heterocycles. The van der Waals surface area contributed by atoms with Gasteiger partial charge in [0, 0.05) is 26.2 Å². The molecule has 1 aliphatic carbocycles. The summed E-state index contributed by atoms with van der Waals surface area (Å²) in [6.07, 6.45) is 9.08. The topological polar surface area (TPSA) is 58.3 Å². The second-order valence-electron chi connectivity index (χ2n) is 8.06. The summed E-state index contributed by atoms with van der Waals surface area (Å²) in [7, 11) is 2.02. The molecule has 1 aromatic rings. The summed E-state index contributed by atoms with van der Waals surface area (Å²) in [5.41, 5.74) is 0. The molecule has 2 fully saturated rings. The van der Waals surface area contributed by atoms with Crippen molar-refractivity contribution in [2.75, 3.05) is 13.1 Å². The third-order valence-electron chi connectivity index (χ3n) is 6.48. The van der Waals surface area contributed by atoms with Crippen molar-refractivity contribution in [3.63, 3.8) is 0 Å². The van der Waals surface area contributed by atoms with Gasteiger partial charge in [-0.15, -0.1) is 34.2 Å². The first-order valence-corrected chi connectivity index (χ1v) is 10.5. The number of hydrogen-bond donors (Lipinski definition) is 1. The number of nitrogens with zero attached hydrogens (tertiary/aromatic N) is 5. The molecule has 1 saturated heterocycles. The Morgan fingerprint density at radius 3 is 2.48 bits per heavy atom. The fourth-order valence-electron chi connectivity index (χ4n) is 4.54. The SMILES string of the molecule is CCC(CC)C1CCN(C(=NCc2nnc(C)n2C)NC2CCCC2)C1.I. The summed E-state index contributed by atoms with van der Waals surface area (Å²) < 4.78 is 2.04. The zero-order chi connectivity index (χ0) is 18.5. The number of guanidine groups is 1. The Labute approximate surface area is 181 Å². The number of nitrogens with one attached hydrogen (secondary N) is 1. The van der Waals surface area contributed by atoms with Crippen LogP contribution in [0.15, 0.2) is 4.99 Å². The van der Waals surface area contributed by atoms with Crippen molar-refractivity contribution in [1.29, 1.82) is 0 Å². The molecule has 0 radical (unpaired) electrons. The molecule has 0 amide bonds. The van der Waals surface area contributed by atoms with E-state index in [0.29, 0.717) is 12.6 Å². The van der Waals surface area contributed by atoms with Gasteiger partial charge in [0.25, 0.3) is 0 Å². The summed E-state index contributed by atoms with van der Waals surface area (Å²) in [5, 5.41) is 12.2. The molecular formula is C20H37IN6. The first-order chi connectivity index (χ1) is 12.6. The van der Waals surface area contributed by atoms with Gasteiger partial charge in [-0.05, 0) is 38.0 Å². The first-order valence-electron chi connectivity index (χ1n) is 10.5. The lowest BCUT2D eigenvalue weighted by Crippen LogP contribution is -2.44. The lowest BCUT2D eigenvalue weighted by molar-refractivity contribution is 0.318. The zero-order valence-corrected chi connectivity index (χ0v) is 19.8. The minimum atomic E-state index is 0. The average molecular weight is 488 g/mol. The summed E-state index contributed by atoms with van der Waals surface area (Å²) >= 11 is 0. The fourth-order valence-corrected chi connectivity index (χ4v) is 4.54. The highest BCUT2D eigenvalue weighted by Crippen LogP contribution is 2.29. The number of halogens is 1. The maximum absolute atomic E-state index is 4.97. The summed E-state index contributed by atoms with van der Waals surface area (Å²) in [4.78, 5) is 7.46. The average Bonchev–Trinajstić information content (AvgIpc) is 3.38. The van der Waals surface area contributed by atoms with Crippen LogP contribution in [0.25, 0.3) is 0 Å². The van der Waals surface area contributed by atoms with Crippen LogP contribution in [0.3, 0.4) is 0 Å². The molecule has 1 aliphatic heterocycles. The number of aliphatic imine (C=N–C) groups is 1. The Bertz CT molecular complexity index is 604. The highest BCUT2D eigenvalue weighted by atomic mass is 127. The summed E-state index contributed by atoms with van der Waals surface area (Å²) in [5.74, 6) is 4.61. The smallest absolute Gasteiger partial charge is 0.194 e. The molecule has 1 atom stereocenters. The fraction of sp³-hybridized carbons (Fsp3) is 0.850. The van der Waals surface area contributed by atoms with E-state index in [4.69, 9.17) is 4.99 Å². The van der Waals surface area contributed by atoms with E-state index in [0.717, 1.165) is 42.5 Å². The molecule has 1 N–H and O–H groups in total. The molecule has 3 rings (SSSR count). The molecule has 0 spiro atoms. The van der Waals surface area contributed by atoms with Crippen LogP contribution in [0, 0.1) is 18.8 Å². The van der Waals surface area contributed by atoms with E-state index in [-0.39, 0.29) is 24.0 Å². The predicted molar refractivity (Wildman–Crippen MR) is 121 cm³/mol. The highest BCUT2D eigenvalue weighted by Gasteiger charge is 2.30. The number of aromatic nitrogens is 3. The Morgan fingerprint density at radius 2 is 1.89 bits per heavy atom. The largest absolute Gasteiger partial charge is 0.353 e. The predicted octanol–water partition coefficient (Wildman–Crippen LogP) is 3.89. The number of rotatable bonds is 6. The summed E-state index contributed by atoms with van der Waals surface area (Å²) in [6.45, 7) is 9.51. The number of hydrogen-bond acceptors (Lipinski definition) is 3. The van der Waals surface area contributed by atoms with Crippen LogP contribution >= 0.6 is 24.0 Å². The second-order valence-corrected chi connectivity index (χ2v) is 8.06. The number of likely N-dealkylation sites (tertiary alicyclic amines) is 1. The van der Waals surface area contributed by atoms with Gasteiger partial charge in [-0.2, -0.15) is 0 Å². The van der Waals surface area contributed by atoms with E-state index in [1.807, 2.05) is 18.5 Å². The van der Waals surface area contributed by atoms with Crippen LogP contribution in [0.1, 0.15) is 70.4 Å². The van der Waals surface area contributed by atoms with Crippen molar-refractivity contribution in [3.8, 4) is 0 Å². The molecule has 27 heavy (non-hydrogen) atoms. The van der Waals surface area contributed by atoms with Crippen molar-refractivity contribution in [1.82, 2.24) is 25.0 Å². The van der Waals surface area contributed by atoms with Crippen LogP contribution in [0.2, 0.25) is 0 Å². The third kappa shape index (κ3) is 5.57. The van der Waals surface area contributed by atoms with Crippen LogP contribution in [0.5, 0.6) is 0 Å². The molecule has 1 unspecified atom stereocenters. The van der Waals surface area contributed by atoms with Gasteiger partial charge in [-0.3, -0.25) is 0 Å². The van der Waals surface area contributed by atoms with Gasteiger partial charge in [0.05, 0.1) is 0 Å². The molecule has 2 heterocycles. The standard InChI is InChI=1S/C20H36N6.HI/c1-5-16(6-2)17-11-12-26(14-17)20(22-18-9-7-8-10-18)21-13-19-24-23-15(3)25(19)4;/h16-18H,5-14H2,1-4H3,(H,21,22);1H. The number of aryl methyl sites for hydroxylation is 1. The Kier molecular flexibility index (Phi) is 8.82. The second kappa shape index (κ2) is 10.6. The third-order valence-corrected chi connectivity index (χ3v) is 6.48. The van der Waals surface area contributed by atoms with E-state index in [1.165, 1.54) is 44.9 Å². The van der Waals surface area contributed by atoms with Gasteiger partial charge in [-0.1, -0.05) is 39.5 Å². The van der Waals surface area contributed by atoms with Gasteiger partial charge in [0.2, 0.25) is 0 Å². The van der Waals surface area contributed by atoms with E-state index in [1.54, 1.807) is 0 Å². The maximum atomic E-state index is 4.97. The minimum Gasteiger partial charge on any atom is -0.353 e. The molecule has 154 valence electrons.